The minimum absolute atomic E-state index is 0.155. The van der Waals surface area contributed by atoms with Gasteiger partial charge in [0.1, 0.15) is 5.60 Å². The summed E-state index contributed by atoms with van der Waals surface area (Å²) in [7, 11) is 0. The summed E-state index contributed by atoms with van der Waals surface area (Å²) in [4.78, 5) is 11.3. The Hall–Kier alpha value is -1.15. The van der Waals surface area contributed by atoms with E-state index in [4.69, 9.17) is 0 Å². The third kappa shape index (κ3) is 1.10. The van der Waals surface area contributed by atoms with E-state index in [1.54, 1.807) is 0 Å². The van der Waals surface area contributed by atoms with Crippen LogP contribution in [0.5, 0.6) is 0 Å². The van der Waals surface area contributed by atoms with Crippen molar-refractivity contribution in [2.45, 2.75) is 25.4 Å². The number of carbonyl (C=O) groups is 1. The summed E-state index contributed by atoms with van der Waals surface area (Å²) in [6.07, 6.45) is 1.33. The molecule has 2 heteroatoms. The van der Waals surface area contributed by atoms with E-state index in [1.165, 1.54) is 6.92 Å². The van der Waals surface area contributed by atoms with E-state index in [1.807, 2.05) is 24.3 Å². The standard InChI is InChI=1S/C11H12O2/c1-8(12)11(13)7-6-9-4-2-3-5-10(9)11/h2-5,13H,6-7H2,1H3. The van der Waals surface area contributed by atoms with Gasteiger partial charge in [0.05, 0.1) is 0 Å². The lowest BCUT2D eigenvalue weighted by atomic mass is 9.92. The lowest BCUT2D eigenvalue weighted by molar-refractivity contribution is -0.135. The Bertz CT molecular complexity index is 357. The number of hydrogen-bond acceptors (Lipinski definition) is 2. The number of Topliss-reactive ketones (excluding diaryl/α,β-unsaturated/α-hetero) is 1. The lowest BCUT2D eigenvalue weighted by Gasteiger charge is -2.19. The number of ketones is 1. The summed E-state index contributed by atoms with van der Waals surface area (Å²) < 4.78 is 0. The quantitative estimate of drug-likeness (QED) is 0.702. The van der Waals surface area contributed by atoms with Gasteiger partial charge in [-0.25, -0.2) is 0 Å². The van der Waals surface area contributed by atoms with Gasteiger partial charge in [-0.1, -0.05) is 24.3 Å². The first-order valence-corrected chi connectivity index (χ1v) is 4.46. The Balaban J connectivity index is 2.55. The molecule has 1 N–H and O–H groups in total. The van der Waals surface area contributed by atoms with Gasteiger partial charge >= 0.3 is 0 Å². The Morgan fingerprint density at radius 1 is 1.46 bits per heavy atom. The smallest absolute Gasteiger partial charge is 0.165 e. The van der Waals surface area contributed by atoms with Crippen LogP contribution in [0.2, 0.25) is 0 Å². The SMILES string of the molecule is CC(=O)C1(O)CCc2ccccc21. The Kier molecular flexibility index (Phi) is 1.74. The Labute approximate surface area is 77.2 Å². The highest BCUT2D eigenvalue weighted by molar-refractivity contribution is 5.87. The average Bonchev–Trinajstić information content (AvgIpc) is 2.47. The predicted octanol–water partition coefficient (Wildman–Crippen LogP) is 1.41. The van der Waals surface area contributed by atoms with Crippen LogP contribution in [0.15, 0.2) is 24.3 Å². The maximum Gasteiger partial charge on any atom is 0.165 e. The van der Waals surface area contributed by atoms with Crippen molar-refractivity contribution in [1.82, 2.24) is 0 Å². The number of aryl methyl sites for hydroxylation is 1. The number of aliphatic hydroxyl groups is 1. The molecule has 0 saturated heterocycles. The second-order valence-corrected chi connectivity index (χ2v) is 3.57. The van der Waals surface area contributed by atoms with Crippen LogP contribution in [0.3, 0.4) is 0 Å². The van der Waals surface area contributed by atoms with E-state index in [0.717, 1.165) is 17.5 Å². The van der Waals surface area contributed by atoms with Crippen molar-refractivity contribution in [1.29, 1.82) is 0 Å². The van der Waals surface area contributed by atoms with Crippen LogP contribution in [0, 0.1) is 0 Å². The van der Waals surface area contributed by atoms with Crippen LogP contribution >= 0.6 is 0 Å². The third-order valence-corrected chi connectivity index (χ3v) is 2.80. The van der Waals surface area contributed by atoms with Gasteiger partial charge in [0, 0.05) is 0 Å². The van der Waals surface area contributed by atoms with E-state index >= 15 is 0 Å². The zero-order chi connectivity index (χ0) is 9.47. The van der Waals surface area contributed by atoms with Crippen LogP contribution in [-0.2, 0) is 16.8 Å². The average molecular weight is 176 g/mol. The summed E-state index contributed by atoms with van der Waals surface area (Å²) in [5.41, 5.74) is 0.680. The van der Waals surface area contributed by atoms with Crippen molar-refractivity contribution in [3.8, 4) is 0 Å². The van der Waals surface area contributed by atoms with Gasteiger partial charge in [0.25, 0.3) is 0 Å². The van der Waals surface area contributed by atoms with Crippen LogP contribution in [0.25, 0.3) is 0 Å². The van der Waals surface area contributed by atoms with Crippen molar-refractivity contribution in [2.24, 2.45) is 0 Å². The van der Waals surface area contributed by atoms with Crippen LogP contribution < -0.4 is 0 Å². The normalized spacial score (nSPS) is 25.7. The molecule has 0 heterocycles. The van der Waals surface area contributed by atoms with Gasteiger partial charge in [0.2, 0.25) is 0 Å². The van der Waals surface area contributed by atoms with Gasteiger partial charge < -0.3 is 5.11 Å². The largest absolute Gasteiger partial charge is 0.377 e. The first-order valence-electron chi connectivity index (χ1n) is 4.46. The molecule has 1 aromatic carbocycles. The summed E-state index contributed by atoms with van der Waals surface area (Å²) in [5, 5.41) is 10.1. The number of fused-ring (bicyclic) bond motifs is 1. The van der Waals surface area contributed by atoms with Crippen molar-refractivity contribution >= 4 is 5.78 Å². The second-order valence-electron chi connectivity index (χ2n) is 3.57. The highest BCUT2D eigenvalue weighted by Gasteiger charge is 2.40. The fraction of sp³-hybridized carbons (Fsp3) is 0.364. The topological polar surface area (TPSA) is 37.3 Å². The Morgan fingerprint density at radius 3 is 2.85 bits per heavy atom. The third-order valence-electron chi connectivity index (χ3n) is 2.80. The molecule has 0 fully saturated rings. The summed E-state index contributed by atoms with van der Waals surface area (Å²) in [6, 6.07) is 7.60. The molecular formula is C11H12O2. The molecule has 0 amide bonds. The summed E-state index contributed by atoms with van der Waals surface area (Å²) >= 11 is 0. The van der Waals surface area contributed by atoms with E-state index in [9.17, 15) is 9.90 Å². The number of rotatable bonds is 1. The zero-order valence-corrected chi connectivity index (χ0v) is 7.58. The number of hydrogen-bond donors (Lipinski definition) is 1. The van der Waals surface area contributed by atoms with E-state index < -0.39 is 5.60 Å². The van der Waals surface area contributed by atoms with Crippen molar-refractivity contribution in [3.05, 3.63) is 35.4 Å². The van der Waals surface area contributed by atoms with E-state index in [-0.39, 0.29) is 5.78 Å². The van der Waals surface area contributed by atoms with Gasteiger partial charge in [-0.15, -0.1) is 0 Å². The maximum atomic E-state index is 11.3. The molecule has 1 atom stereocenters. The molecule has 0 saturated carbocycles. The molecule has 1 aliphatic rings. The molecule has 2 nitrogen and oxygen atoms in total. The lowest BCUT2D eigenvalue weighted by Crippen LogP contribution is -2.30. The molecule has 0 bridgehead atoms. The van der Waals surface area contributed by atoms with Crippen LogP contribution in [0.1, 0.15) is 24.5 Å². The summed E-state index contributed by atoms with van der Waals surface area (Å²) in [6.45, 7) is 1.45. The van der Waals surface area contributed by atoms with Gasteiger partial charge in [-0.05, 0) is 30.9 Å². The summed E-state index contributed by atoms with van der Waals surface area (Å²) in [5.74, 6) is -0.155. The number of benzene rings is 1. The first-order chi connectivity index (χ1) is 6.14. The molecule has 2 rings (SSSR count). The van der Waals surface area contributed by atoms with Crippen LogP contribution in [0.4, 0.5) is 0 Å². The van der Waals surface area contributed by atoms with E-state index in [2.05, 4.69) is 0 Å². The van der Waals surface area contributed by atoms with Gasteiger partial charge in [0.15, 0.2) is 5.78 Å². The highest BCUT2D eigenvalue weighted by Crippen LogP contribution is 2.37. The number of carbonyl (C=O) groups excluding carboxylic acids is 1. The fourth-order valence-corrected chi connectivity index (χ4v) is 1.96. The van der Waals surface area contributed by atoms with Crippen molar-refractivity contribution < 1.29 is 9.90 Å². The second kappa shape index (κ2) is 2.67. The molecule has 0 aromatic heterocycles. The molecule has 13 heavy (non-hydrogen) atoms. The monoisotopic (exact) mass is 176 g/mol. The minimum atomic E-state index is -1.21. The van der Waals surface area contributed by atoms with Gasteiger partial charge in [-0.2, -0.15) is 0 Å². The predicted molar refractivity (Wildman–Crippen MR) is 49.3 cm³/mol. The first kappa shape index (κ1) is 8.45. The molecule has 68 valence electrons. The zero-order valence-electron chi connectivity index (χ0n) is 7.58. The fourth-order valence-electron chi connectivity index (χ4n) is 1.96. The molecule has 0 spiro atoms. The van der Waals surface area contributed by atoms with Gasteiger partial charge in [-0.3, -0.25) is 4.79 Å². The maximum absolute atomic E-state index is 11.3. The molecule has 1 aliphatic carbocycles. The van der Waals surface area contributed by atoms with Crippen molar-refractivity contribution in [3.63, 3.8) is 0 Å². The van der Waals surface area contributed by atoms with Crippen LogP contribution in [-0.4, -0.2) is 10.9 Å². The molecule has 1 aromatic rings. The molecular weight excluding hydrogens is 164 g/mol. The van der Waals surface area contributed by atoms with Crippen molar-refractivity contribution in [2.75, 3.05) is 0 Å². The Morgan fingerprint density at radius 2 is 2.15 bits per heavy atom. The molecule has 0 radical (unpaired) electrons. The molecule has 0 aliphatic heterocycles. The van der Waals surface area contributed by atoms with E-state index in [0.29, 0.717) is 6.42 Å². The minimum Gasteiger partial charge on any atom is -0.377 e. The molecule has 1 unspecified atom stereocenters. The highest BCUT2D eigenvalue weighted by atomic mass is 16.3.